The predicted molar refractivity (Wildman–Crippen MR) is 107 cm³/mol. The molecule has 1 heterocycles. The Morgan fingerprint density at radius 1 is 0.929 bits per heavy atom. The molecule has 2 amide bonds. The van der Waals surface area contributed by atoms with Crippen LogP contribution in [0.5, 0.6) is 5.75 Å². The van der Waals surface area contributed by atoms with E-state index in [0.717, 1.165) is 17.7 Å². The summed E-state index contributed by atoms with van der Waals surface area (Å²) in [6.45, 7) is 2.49. The molecule has 0 aromatic heterocycles. The van der Waals surface area contributed by atoms with E-state index in [4.69, 9.17) is 4.74 Å². The van der Waals surface area contributed by atoms with Crippen molar-refractivity contribution >= 4 is 11.8 Å². The Balaban J connectivity index is 1.26. The lowest BCUT2D eigenvalue weighted by atomic mass is 10.1. The second-order valence-electron chi connectivity index (χ2n) is 7.59. The third kappa shape index (κ3) is 4.03. The van der Waals surface area contributed by atoms with Gasteiger partial charge in [0, 0.05) is 32.1 Å². The first-order valence-electron chi connectivity index (χ1n) is 9.90. The number of rotatable bonds is 5. The minimum Gasteiger partial charge on any atom is -0.497 e. The van der Waals surface area contributed by atoms with Crippen molar-refractivity contribution in [2.75, 3.05) is 33.3 Å². The predicted octanol–water partition coefficient (Wildman–Crippen LogP) is 2.71. The van der Waals surface area contributed by atoms with Crippen LogP contribution < -0.4 is 4.74 Å². The van der Waals surface area contributed by atoms with Gasteiger partial charge < -0.3 is 14.5 Å². The van der Waals surface area contributed by atoms with Crippen LogP contribution in [0.1, 0.15) is 23.5 Å². The molecule has 1 saturated heterocycles. The van der Waals surface area contributed by atoms with Gasteiger partial charge in [0.05, 0.1) is 13.5 Å². The first-order chi connectivity index (χ1) is 13.7. The van der Waals surface area contributed by atoms with Gasteiger partial charge in [0.15, 0.2) is 0 Å². The zero-order valence-corrected chi connectivity index (χ0v) is 16.2. The first kappa shape index (κ1) is 18.5. The highest BCUT2D eigenvalue weighted by atomic mass is 16.5. The Hall–Kier alpha value is -2.82. The molecule has 5 heteroatoms. The largest absolute Gasteiger partial charge is 0.497 e. The lowest BCUT2D eigenvalue weighted by molar-refractivity contribution is -0.140. The summed E-state index contributed by atoms with van der Waals surface area (Å²) in [6.07, 6.45) is 1.33. The van der Waals surface area contributed by atoms with E-state index in [1.54, 1.807) is 7.11 Å². The molecule has 0 unspecified atom stereocenters. The second kappa shape index (κ2) is 8.05. The van der Waals surface area contributed by atoms with Gasteiger partial charge in [0.25, 0.3) is 0 Å². The van der Waals surface area contributed by atoms with E-state index in [1.165, 1.54) is 5.56 Å². The van der Waals surface area contributed by atoms with E-state index in [2.05, 4.69) is 12.1 Å². The molecule has 0 N–H and O–H groups in total. The van der Waals surface area contributed by atoms with Crippen LogP contribution in [0.4, 0.5) is 0 Å². The highest BCUT2D eigenvalue weighted by Gasteiger charge is 2.46. The number of carbonyl (C=O) groups excluding carboxylic acids is 2. The summed E-state index contributed by atoms with van der Waals surface area (Å²) < 4.78 is 5.15. The monoisotopic (exact) mass is 378 g/mol. The number of ether oxygens (including phenoxy) is 1. The molecule has 2 aliphatic rings. The third-order valence-electron chi connectivity index (χ3n) is 5.79. The second-order valence-corrected chi connectivity index (χ2v) is 7.59. The van der Waals surface area contributed by atoms with Crippen LogP contribution in [0.3, 0.4) is 0 Å². The summed E-state index contributed by atoms with van der Waals surface area (Å²) in [4.78, 5) is 29.2. The Bertz CT molecular complexity index is 827. The van der Waals surface area contributed by atoms with Crippen LogP contribution >= 0.6 is 0 Å². The molecule has 0 spiro atoms. The number of amides is 2. The fourth-order valence-electron chi connectivity index (χ4n) is 3.98. The van der Waals surface area contributed by atoms with Gasteiger partial charge in [-0.1, -0.05) is 42.5 Å². The number of hydrogen-bond acceptors (Lipinski definition) is 3. The van der Waals surface area contributed by atoms with Crippen molar-refractivity contribution in [1.29, 1.82) is 0 Å². The molecule has 5 nitrogen and oxygen atoms in total. The average Bonchev–Trinajstić information content (AvgIpc) is 3.55. The summed E-state index contributed by atoms with van der Waals surface area (Å²) >= 11 is 0. The zero-order valence-electron chi connectivity index (χ0n) is 16.2. The molecule has 0 bridgehead atoms. The molecule has 2 atom stereocenters. The minimum atomic E-state index is 0.115. The number of methoxy groups -OCH3 is 1. The maximum Gasteiger partial charge on any atom is 0.227 e. The molecule has 2 aromatic carbocycles. The van der Waals surface area contributed by atoms with Crippen LogP contribution in [0.25, 0.3) is 0 Å². The molecule has 1 aliphatic carbocycles. The molecule has 2 aromatic rings. The number of piperazine rings is 1. The van der Waals surface area contributed by atoms with Crippen LogP contribution in [0, 0.1) is 5.92 Å². The van der Waals surface area contributed by atoms with Gasteiger partial charge in [-0.25, -0.2) is 0 Å². The van der Waals surface area contributed by atoms with Gasteiger partial charge in [0.1, 0.15) is 5.75 Å². The lowest BCUT2D eigenvalue weighted by Gasteiger charge is -2.35. The van der Waals surface area contributed by atoms with Crippen LogP contribution in [-0.2, 0) is 16.0 Å². The van der Waals surface area contributed by atoms with E-state index in [0.29, 0.717) is 38.5 Å². The number of benzene rings is 2. The van der Waals surface area contributed by atoms with E-state index in [-0.39, 0.29) is 17.7 Å². The molecular formula is C23H26N2O3. The third-order valence-corrected chi connectivity index (χ3v) is 5.79. The minimum absolute atomic E-state index is 0.115. The van der Waals surface area contributed by atoms with Gasteiger partial charge in [-0.05, 0) is 35.6 Å². The van der Waals surface area contributed by atoms with Crippen molar-refractivity contribution in [2.45, 2.75) is 18.8 Å². The van der Waals surface area contributed by atoms with E-state index in [9.17, 15) is 9.59 Å². The maximum absolute atomic E-state index is 12.8. The average molecular weight is 378 g/mol. The molecule has 4 rings (SSSR count). The number of nitrogens with zero attached hydrogens (tertiary/aromatic N) is 2. The topological polar surface area (TPSA) is 49.9 Å². The highest BCUT2D eigenvalue weighted by Crippen LogP contribution is 2.48. The Kier molecular flexibility index (Phi) is 5.33. The summed E-state index contributed by atoms with van der Waals surface area (Å²) in [5.74, 6) is 1.63. The molecule has 0 radical (unpaired) electrons. The first-order valence-corrected chi connectivity index (χ1v) is 9.90. The smallest absolute Gasteiger partial charge is 0.227 e. The summed E-state index contributed by atoms with van der Waals surface area (Å²) in [7, 11) is 1.63. The highest BCUT2D eigenvalue weighted by molar-refractivity contribution is 5.84. The maximum atomic E-state index is 12.8. The van der Waals surface area contributed by atoms with Crippen molar-refractivity contribution in [1.82, 2.24) is 9.80 Å². The molecule has 146 valence electrons. The van der Waals surface area contributed by atoms with Crippen molar-refractivity contribution < 1.29 is 14.3 Å². The summed E-state index contributed by atoms with van der Waals surface area (Å²) in [6, 6.07) is 17.9. The van der Waals surface area contributed by atoms with E-state index < -0.39 is 0 Å². The van der Waals surface area contributed by atoms with Gasteiger partial charge >= 0.3 is 0 Å². The van der Waals surface area contributed by atoms with Gasteiger partial charge in [0.2, 0.25) is 11.8 Å². The van der Waals surface area contributed by atoms with Crippen LogP contribution in [-0.4, -0.2) is 54.9 Å². The molecule has 28 heavy (non-hydrogen) atoms. The van der Waals surface area contributed by atoms with Crippen molar-refractivity contribution in [2.24, 2.45) is 5.92 Å². The number of hydrogen-bond donors (Lipinski definition) is 0. The SMILES string of the molecule is COc1ccc(CC(=O)N2CCN(C(=O)[C@@H]3C[C@H]3c3ccccc3)CC2)cc1. The van der Waals surface area contributed by atoms with Gasteiger partial charge in [-0.2, -0.15) is 0 Å². The van der Waals surface area contributed by atoms with Crippen LogP contribution in [0.2, 0.25) is 0 Å². The lowest BCUT2D eigenvalue weighted by Crippen LogP contribution is -2.51. The van der Waals surface area contributed by atoms with Crippen molar-refractivity contribution in [3.8, 4) is 5.75 Å². The quantitative estimate of drug-likeness (QED) is 0.804. The molecule has 1 aliphatic heterocycles. The molecule has 1 saturated carbocycles. The molecular weight excluding hydrogens is 352 g/mol. The van der Waals surface area contributed by atoms with Crippen molar-refractivity contribution in [3.63, 3.8) is 0 Å². The van der Waals surface area contributed by atoms with Crippen molar-refractivity contribution in [3.05, 3.63) is 65.7 Å². The Morgan fingerprint density at radius 2 is 1.57 bits per heavy atom. The van der Waals surface area contributed by atoms with E-state index >= 15 is 0 Å². The fourth-order valence-corrected chi connectivity index (χ4v) is 3.98. The summed E-state index contributed by atoms with van der Waals surface area (Å²) in [5.41, 5.74) is 2.24. The fraction of sp³-hybridized carbons (Fsp3) is 0.391. The van der Waals surface area contributed by atoms with Gasteiger partial charge in [-0.3, -0.25) is 9.59 Å². The van der Waals surface area contributed by atoms with Crippen LogP contribution in [0.15, 0.2) is 54.6 Å². The standard InChI is InChI=1S/C23H26N2O3/c1-28-19-9-7-17(8-10-19)15-22(26)24-11-13-25(14-12-24)23(27)21-16-20(21)18-5-3-2-4-6-18/h2-10,20-21H,11-16H2,1H3/t20-,21+/m0/s1. The number of carbonyl (C=O) groups is 2. The summed E-state index contributed by atoms with van der Waals surface area (Å²) in [5, 5.41) is 0. The zero-order chi connectivity index (χ0) is 19.5. The van der Waals surface area contributed by atoms with Gasteiger partial charge in [-0.15, -0.1) is 0 Å². The Morgan fingerprint density at radius 3 is 2.21 bits per heavy atom. The van der Waals surface area contributed by atoms with E-state index in [1.807, 2.05) is 52.3 Å². The Labute approximate surface area is 165 Å². The molecule has 2 fully saturated rings. The normalized spacial score (nSPS) is 21.3.